The zero-order chi connectivity index (χ0) is 29.9. The van der Waals surface area contributed by atoms with Crippen molar-refractivity contribution in [2.45, 2.75) is 50.6 Å². The molecular weight excluding hydrogens is 573 g/mol. The Morgan fingerprint density at radius 1 is 1.05 bits per heavy atom. The third kappa shape index (κ3) is 4.96. The van der Waals surface area contributed by atoms with E-state index in [0.717, 1.165) is 0 Å². The molecule has 1 saturated heterocycles. The molecule has 2 heterocycles. The normalized spacial score (nSPS) is 23.4. The SMILES string of the molecule is CC(C)(C)C[C@@H]1N[C@@H](C(=O)Nc2ccc(C(N)=O)cc2)[C@@H](c2cccc(Cl)c2F)C12C(=O)Nc1cc(Cl)c(F)cc12. The molecule has 11 heteroatoms. The Labute approximate surface area is 245 Å². The van der Waals surface area contributed by atoms with Gasteiger partial charge in [-0.1, -0.05) is 56.1 Å². The van der Waals surface area contributed by atoms with E-state index in [-0.39, 0.29) is 37.8 Å². The second-order valence-corrected chi connectivity index (χ2v) is 12.5. The Hall–Kier alpha value is -3.53. The van der Waals surface area contributed by atoms with Crippen molar-refractivity contribution in [1.29, 1.82) is 0 Å². The van der Waals surface area contributed by atoms with Gasteiger partial charge in [-0.2, -0.15) is 0 Å². The average Bonchev–Trinajstić information content (AvgIpc) is 3.35. The summed E-state index contributed by atoms with van der Waals surface area (Å²) in [5, 5.41) is 8.56. The molecule has 0 aromatic heterocycles. The number of anilines is 2. The number of amides is 3. The second kappa shape index (κ2) is 10.4. The Morgan fingerprint density at radius 2 is 1.73 bits per heavy atom. The Balaban J connectivity index is 1.71. The number of nitrogens with two attached hydrogens (primary N) is 1. The lowest BCUT2D eigenvalue weighted by atomic mass is 9.62. The van der Waals surface area contributed by atoms with Crippen molar-refractivity contribution in [2.24, 2.45) is 11.1 Å². The highest BCUT2D eigenvalue weighted by Crippen LogP contribution is 2.57. The molecule has 3 amide bonds. The maximum Gasteiger partial charge on any atom is 0.248 e. The number of primary amides is 1. The van der Waals surface area contributed by atoms with Crippen LogP contribution in [0.5, 0.6) is 0 Å². The van der Waals surface area contributed by atoms with Crippen LogP contribution in [0.25, 0.3) is 0 Å². The number of nitrogens with one attached hydrogen (secondary N) is 3. The van der Waals surface area contributed by atoms with Gasteiger partial charge in [0.1, 0.15) is 17.0 Å². The highest BCUT2D eigenvalue weighted by molar-refractivity contribution is 6.31. The largest absolute Gasteiger partial charge is 0.366 e. The van der Waals surface area contributed by atoms with Crippen molar-refractivity contribution in [3.05, 3.63) is 93.0 Å². The van der Waals surface area contributed by atoms with E-state index in [4.69, 9.17) is 28.9 Å². The zero-order valence-corrected chi connectivity index (χ0v) is 24.0. The van der Waals surface area contributed by atoms with Gasteiger partial charge < -0.3 is 21.7 Å². The summed E-state index contributed by atoms with van der Waals surface area (Å²) in [4.78, 5) is 39.6. The molecule has 1 spiro atoms. The van der Waals surface area contributed by atoms with Crippen molar-refractivity contribution in [1.82, 2.24) is 5.32 Å². The first-order valence-corrected chi connectivity index (χ1v) is 13.7. The van der Waals surface area contributed by atoms with Gasteiger partial charge in [0, 0.05) is 28.9 Å². The van der Waals surface area contributed by atoms with Crippen LogP contribution in [-0.2, 0) is 15.0 Å². The monoisotopic (exact) mass is 600 g/mol. The quantitative estimate of drug-likeness (QED) is 0.298. The molecule has 2 aliphatic rings. The van der Waals surface area contributed by atoms with E-state index < -0.39 is 52.8 Å². The summed E-state index contributed by atoms with van der Waals surface area (Å²) in [5.74, 6) is -4.36. The van der Waals surface area contributed by atoms with Crippen molar-refractivity contribution in [3.8, 4) is 0 Å². The lowest BCUT2D eigenvalue weighted by Crippen LogP contribution is -2.49. The zero-order valence-electron chi connectivity index (χ0n) is 22.4. The van der Waals surface area contributed by atoms with E-state index in [0.29, 0.717) is 12.1 Å². The van der Waals surface area contributed by atoms with Gasteiger partial charge in [-0.3, -0.25) is 14.4 Å². The van der Waals surface area contributed by atoms with Crippen molar-refractivity contribution >= 4 is 52.3 Å². The third-order valence-electron chi connectivity index (χ3n) is 7.74. The van der Waals surface area contributed by atoms with E-state index in [1.807, 2.05) is 20.8 Å². The maximum atomic E-state index is 15.8. The first-order valence-electron chi connectivity index (χ1n) is 13.0. The van der Waals surface area contributed by atoms with Gasteiger partial charge >= 0.3 is 0 Å². The van der Waals surface area contributed by atoms with E-state index in [1.54, 1.807) is 6.07 Å². The summed E-state index contributed by atoms with van der Waals surface area (Å²) in [7, 11) is 0. The molecule has 3 aromatic carbocycles. The Morgan fingerprint density at radius 3 is 2.37 bits per heavy atom. The highest BCUT2D eigenvalue weighted by Gasteiger charge is 2.66. The third-order valence-corrected chi connectivity index (χ3v) is 8.32. The van der Waals surface area contributed by atoms with Crippen LogP contribution < -0.4 is 21.7 Å². The first kappa shape index (κ1) is 29.0. The van der Waals surface area contributed by atoms with Crippen LogP contribution in [0.4, 0.5) is 20.2 Å². The lowest BCUT2D eigenvalue weighted by Gasteiger charge is -2.37. The average molecular weight is 601 g/mol. The van der Waals surface area contributed by atoms with Crippen LogP contribution in [0.3, 0.4) is 0 Å². The number of halogens is 4. The molecule has 1 fully saturated rings. The minimum absolute atomic E-state index is 0.0315. The van der Waals surface area contributed by atoms with Gasteiger partial charge in [-0.25, -0.2) is 8.78 Å². The highest BCUT2D eigenvalue weighted by atomic mass is 35.5. The van der Waals surface area contributed by atoms with Crippen molar-refractivity contribution in [3.63, 3.8) is 0 Å². The van der Waals surface area contributed by atoms with Crippen molar-refractivity contribution < 1.29 is 23.2 Å². The first-order chi connectivity index (χ1) is 19.2. The van der Waals surface area contributed by atoms with Crippen LogP contribution in [0.1, 0.15) is 54.6 Å². The van der Waals surface area contributed by atoms with Crippen LogP contribution in [0, 0.1) is 17.0 Å². The molecule has 0 saturated carbocycles. The fourth-order valence-corrected chi connectivity index (χ4v) is 6.45. The van der Waals surface area contributed by atoms with Crippen LogP contribution >= 0.6 is 23.2 Å². The molecule has 5 N–H and O–H groups in total. The number of benzene rings is 3. The van der Waals surface area contributed by atoms with E-state index in [2.05, 4.69) is 16.0 Å². The van der Waals surface area contributed by atoms with Gasteiger partial charge in [0.05, 0.1) is 16.1 Å². The number of carbonyl (C=O) groups is 3. The summed E-state index contributed by atoms with van der Waals surface area (Å²) in [5.41, 5.74) is 4.57. The summed E-state index contributed by atoms with van der Waals surface area (Å²) < 4.78 is 30.8. The molecule has 1 unspecified atom stereocenters. The van der Waals surface area contributed by atoms with Gasteiger partial charge in [-0.15, -0.1) is 0 Å². The predicted molar refractivity (Wildman–Crippen MR) is 154 cm³/mol. The van der Waals surface area contributed by atoms with Crippen LogP contribution in [0.2, 0.25) is 10.0 Å². The standard InChI is InChI=1S/C30H28Cl2F2N4O3/c1-29(2,3)13-22-30(17-11-20(33)19(32)12-21(17)37-28(30)41)23(16-5-4-6-18(31)24(16)34)25(38-22)27(40)36-15-9-7-14(8-10-15)26(35)39/h4-12,22-23,25,38H,13H2,1-3H3,(H2,35,39)(H,36,40)(H,37,41)/t22-,23+,25+,30?/m0/s1. The van der Waals surface area contributed by atoms with Crippen LogP contribution in [0.15, 0.2) is 54.6 Å². The summed E-state index contributed by atoms with van der Waals surface area (Å²) in [6.07, 6.45) is 0.375. The fraction of sp³-hybridized carbons (Fsp3) is 0.300. The molecule has 41 heavy (non-hydrogen) atoms. The van der Waals surface area contributed by atoms with E-state index in [1.165, 1.54) is 48.5 Å². The van der Waals surface area contributed by atoms with Gasteiger partial charge in [0.25, 0.3) is 0 Å². The summed E-state index contributed by atoms with van der Waals surface area (Å²) in [6.45, 7) is 5.92. The van der Waals surface area contributed by atoms with Gasteiger partial charge in [-0.05, 0) is 65.4 Å². The molecule has 3 aromatic rings. The molecule has 0 aliphatic carbocycles. The molecule has 0 bridgehead atoms. The van der Waals surface area contributed by atoms with Crippen molar-refractivity contribution in [2.75, 3.05) is 10.6 Å². The number of rotatable bonds is 5. The Kier molecular flexibility index (Phi) is 7.34. The number of hydrogen-bond donors (Lipinski definition) is 4. The van der Waals surface area contributed by atoms with Gasteiger partial charge in [0.2, 0.25) is 17.7 Å². The lowest BCUT2D eigenvalue weighted by molar-refractivity contribution is -0.122. The minimum atomic E-state index is -1.60. The molecule has 7 nitrogen and oxygen atoms in total. The molecule has 214 valence electrons. The topological polar surface area (TPSA) is 113 Å². The van der Waals surface area contributed by atoms with Crippen LogP contribution in [-0.4, -0.2) is 29.8 Å². The summed E-state index contributed by atoms with van der Waals surface area (Å²) >= 11 is 12.3. The second-order valence-electron chi connectivity index (χ2n) is 11.6. The molecular formula is C30H28Cl2F2N4O3. The molecule has 4 atom stereocenters. The summed E-state index contributed by atoms with van der Waals surface area (Å²) in [6, 6.07) is 11.0. The smallest absolute Gasteiger partial charge is 0.248 e. The predicted octanol–water partition coefficient (Wildman–Crippen LogP) is 5.76. The Bertz CT molecular complexity index is 1580. The maximum absolute atomic E-state index is 15.8. The molecule has 2 aliphatic heterocycles. The number of hydrogen-bond acceptors (Lipinski definition) is 4. The number of carbonyl (C=O) groups excluding carboxylic acids is 3. The molecule has 0 radical (unpaired) electrons. The number of fused-ring (bicyclic) bond motifs is 2. The molecule has 5 rings (SSSR count). The fourth-order valence-electron chi connectivity index (χ4n) is 6.10. The van der Waals surface area contributed by atoms with E-state index >= 15 is 8.78 Å². The van der Waals surface area contributed by atoms with E-state index in [9.17, 15) is 14.4 Å². The minimum Gasteiger partial charge on any atom is -0.366 e. The van der Waals surface area contributed by atoms with Gasteiger partial charge in [0.15, 0.2) is 0 Å².